The number of fused-ring (bicyclic) bond motifs is 3. The van der Waals surface area contributed by atoms with Crippen LogP contribution in [0.4, 0.5) is 4.79 Å². The second-order valence-electron chi connectivity index (χ2n) is 6.33. The molecule has 1 heterocycles. The van der Waals surface area contributed by atoms with Gasteiger partial charge in [0.1, 0.15) is 11.6 Å². The van der Waals surface area contributed by atoms with Crippen molar-refractivity contribution in [2.45, 2.75) is 10.9 Å². The number of carbonyl (C=O) groups is 1. The molecule has 1 aliphatic carbocycles. The van der Waals surface area contributed by atoms with Crippen LogP contribution in [0.1, 0.15) is 17.0 Å². The Hall–Kier alpha value is -2.44. The van der Waals surface area contributed by atoms with Gasteiger partial charge in [-0.15, -0.1) is 0 Å². The van der Waals surface area contributed by atoms with Crippen molar-refractivity contribution in [1.82, 2.24) is 10.3 Å². The number of ether oxygens (including phenoxy) is 1. The highest BCUT2D eigenvalue weighted by atomic mass is 33.1. The fourth-order valence-electron chi connectivity index (χ4n) is 3.34. The molecule has 0 aliphatic heterocycles. The fourth-order valence-corrected chi connectivity index (χ4v) is 5.13. The lowest BCUT2D eigenvalue weighted by Crippen LogP contribution is -2.27. The molecule has 28 heavy (non-hydrogen) atoms. The molecule has 0 radical (unpaired) electrons. The molecule has 6 heteroatoms. The van der Waals surface area contributed by atoms with E-state index in [1.807, 2.05) is 42.5 Å². The zero-order valence-electron chi connectivity index (χ0n) is 15.2. The zero-order chi connectivity index (χ0) is 19.2. The number of nitrogens with zero attached hydrogens (tertiary/aromatic N) is 1. The first-order chi connectivity index (χ1) is 13.8. The minimum Gasteiger partial charge on any atom is -0.449 e. The summed E-state index contributed by atoms with van der Waals surface area (Å²) in [5.41, 5.74) is 4.91. The molecular weight excluding hydrogens is 388 g/mol. The largest absolute Gasteiger partial charge is 0.449 e. The maximum atomic E-state index is 12.1. The minimum absolute atomic E-state index is 0.0900. The van der Waals surface area contributed by atoms with Crippen LogP contribution >= 0.6 is 21.6 Å². The number of pyridine rings is 1. The van der Waals surface area contributed by atoms with Gasteiger partial charge in [0, 0.05) is 24.4 Å². The molecule has 0 spiro atoms. The van der Waals surface area contributed by atoms with Crippen LogP contribution in [0.2, 0.25) is 0 Å². The van der Waals surface area contributed by atoms with Crippen molar-refractivity contribution >= 4 is 27.7 Å². The lowest BCUT2D eigenvalue weighted by atomic mass is 9.98. The van der Waals surface area contributed by atoms with Crippen molar-refractivity contribution in [2.24, 2.45) is 0 Å². The number of hydrogen-bond acceptors (Lipinski definition) is 5. The van der Waals surface area contributed by atoms with Crippen molar-refractivity contribution in [1.29, 1.82) is 0 Å². The lowest BCUT2D eigenvalue weighted by molar-refractivity contribution is 0.143. The summed E-state index contributed by atoms with van der Waals surface area (Å²) in [4.78, 5) is 16.3. The molecule has 0 fully saturated rings. The predicted molar refractivity (Wildman–Crippen MR) is 116 cm³/mol. The number of carbonyl (C=O) groups excluding carboxylic acids is 1. The topological polar surface area (TPSA) is 51.2 Å². The highest BCUT2D eigenvalue weighted by Crippen LogP contribution is 2.44. The quantitative estimate of drug-likeness (QED) is 0.421. The third kappa shape index (κ3) is 4.34. The molecule has 4 rings (SSSR count). The summed E-state index contributed by atoms with van der Waals surface area (Å²) in [5, 5.41) is 3.79. The molecule has 1 amide bonds. The molecule has 0 saturated heterocycles. The monoisotopic (exact) mass is 408 g/mol. The van der Waals surface area contributed by atoms with Crippen molar-refractivity contribution in [2.75, 3.05) is 18.9 Å². The maximum absolute atomic E-state index is 12.1. The van der Waals surface area contributed by atoms with E-state index in [1.165, 1.54) is 22.3 Å². The van der Waals surface area contributed by atoms with Gasteiger partial charge in [-0.3, -0.25) is 0 Å². The van der Waals surface area contributed by atoms with Crippen LogP contribution in [0, 0.1) is 0 Å². The van der Waals surface area contributed by atoms with Gasteiger partial charge in [-0.25, -0.2) is 9.78 Å². The van der Waals surface area contributed by atoms with Gasteiger partial charge < -0.3 is 10.1 Å². The van der Waals surface area contributed by atoms with E-state index in [2.05, 4.69) is 34.6 Å². The van der Waals surface area contributed by atoms with E-state index in [1.54, 1.807) is 27.8 Å². The first-order valence-corrected chi connectivity index (χ1v) is 11.4. The Morgan fingerprint density at radius 3 is 2.32 bits per heavy atom. The lowest BCUT2D eigenvalue weighted by Gasteiger charge is -2.14. The first kappa shape index (κ1) is 18.9. The van der Waals surface area contributed by atoms with Crippen molar-refractivity contribution in [3.8, 4) is 11.1 Å². The third-order valence-electron chi connectivity index (χ3n) is 4.58. The summed E-state index contributed by atoms with van der Waals surface area (Å²) in [5.74, 6) is 0.873. The number of aromatic nitrogens is 1. The summed E-state index contributed by atoms with van der Waals surface area (Å²) >= 11 is 0. The molecule has 0 unspecified atom stereocenters. The number of nitrogens with one attached hydrogen (secondary N) is 1. The molecule has 1 aliphatic rings. The van der Waals surface area contributed by atoms with Gasteiger partial charge in [-0.05, 0) is 45.2 Å². The fraction of sp³-hybridized carbons (Fsp3) is 0.182. The van der Waals surface area contributed by atoms with Gasteiger partial charge in [0.25, 0.3) is 0 Å². The number of amides is 1. The molecule has 1 N–H and O–H groups in total. The molecule has 142 valence electrons. The average molecular weight is 409 g/mol. The van der Waals surface area contributed by atoms with E-state index < -0.39 is 0 Å². The summed E-state index contributed by atoms with van der Waals surface area (Å²) in [6.45, 7) is 0.900. The van der Waals surface area contributed by atoms with Gasteiger partial charge in [-0.2, -0.15) is 0 Å². The molecule has 1 aromatic heterocycles. The minimum atomic E-state index is -0.370. The smallest absolute Gasteiger partial charge is 0.407 e. The Bertz CT molecular complexity index is 905. The Morgan fingerprint density at radius 1 is 0.964 bits per heavy atom. The van der Waals surface area contributed by atoms with Crippen LogP contribution in [0.5, 0.6) is 0 Å². The Balaban J connectivity index is 1.25. The number of hydrogen-bond donors (Lipinski definition) is 1. The summed E-state index contributed by atoms with van der Waals surface area (Å²) in [6.07, 6.45) is 1.41. The van der Waals surface area contributed by atoms with E-state index in [9.17, 15) is 4.79 Å². The average Bonchev–Trinajstić information content (AvgIpc) is 3.07. The second-order valence-corrected chi connectivity index (χ2v) is 8.76. The second kappa shape index (κ2) is 9.17. The predicted octanol–water partition coefficient (Wildman–Crippen LogP) is 5.36. The third-order valence-corrected chi connectivity index (χ3v) is 6.85. The molecule has 3 aromatic rings. The standard InChI is InChI=1S/C22H20N2O2S2/c25-22(24-13-14-27-28-21-11-5-6-12-23-21)26-15-20-18-9-3-1-7-16(18)17-8-2-4-10-19(17)20/h1-12,20H,13-15H2,(H,24,25). The van der Waals surface area contributed by atoms with E-state index in [0.717, 1.165) is 10.8 Å². The van der Waals surface area contributed by atoms with Crippen molar-refractivity contribution < 1.29 is 9.53 Å². The molecule has 0 atom stereocenters. The van der Waals surface area contributed by atoms with Crippen molar-refractivity contribution in [3.05, 3.63) is 84.1 Å². The van der Waals surface area contributed by atoms with Crippen LogP contribution < -0.4 is 5.32 Å². The Kier molecular flexibility index (Phi) is 6.19. The van der Waals surface area contributed by atoms with E-state index in [-0.39, 0.29) is 12.0 Å². The highest BCUT2D eigenvalue weighted by molar-refractivity contribution is 8.76. The number of alkyl carbamates (subject to hydrolysis) is 1. The molecular formula is C22H20N2O2S2. The summed E-state index contributed by atoms with van der Waals surface area (Å²) in [6, 6.07) is 22.5. The number of rotatable bonds is 7. The zero-order valence-corrected chi connectivity index (χ0v) is 16.8. The molecule has 0 bridgehead atoms. The molecule has 0 saturated carbocycles. The van der Waals surface area contributed by atoms with Crippen LogP contribution in [-0.2, 0) is 4.74 Å². The Labute approximate surface area is 172 Å². The van der Waals surface area contributed by atoms with Crippen LogP contribution in [-0.4, -0.2) is 30.0 Å². The Morgan fingerprint density at radius 2 is 1.64 bits per heavy atom. The van der Waals surface area contributed by atoms with E-state index >= 15 is 0 Å². The summed E-state index contributed by atoms with van der Waals surface area (Å²) < 4.78 is 5.53. The van der Waals surface area contributed by atoms with Gasteiger partial charge in [0.2, 0.25) is 0 Å². The van der Waals surface area contributed by atoms with E-state index in [4.69, 9.17) is 4.74 Å². The van der Waals surface area contributed by atoms with Gasteiger partial charge in [0.05, 0.1) is 0 Å². The van der Waals surface area contributed by atoms with Gasteiger partial charge >= 0.3 is 6.09 Å². The van der Waals surface area contributed by atoms with Gasteiger partial charge in [-0.1, -0.05) is 65.4 Å². The SMILES string of the molecule is O=C(NCCSSc1ccccn1)OCC1c2ccccc2-c2ccccc21. The number of benzene rings is 2. The van der Waals surface area contributed by atoms with Gasteiger partial charge in [0.15, 0.2) is 0 Å². The van der Waals surface area contributed by atoms with Crippen LogP contribution in [0.25, 0.3) is 11.1 Å². The summed E-state index contributed by atoms with van der Waals surface area (Å²) in [7, 11) is 3.26. The highest BCUT2D eigenvalue weighted by Gasteiger charge is 2.28. The van der Waals surface area contributed by atoms with Crippen molar-refractivity contribution in [3.63, 3.8) is 0 Å². The molecule has 4 nitrogen and oxygen atoms in total. The first-order valence-electron chi connectivity index (χ1n) is 9.12. The maximum Gasteiger partial charge on any atom is 0.407 e. The van der Waals surface area contributed by atoms with Crippen LogP contribution in [0.15, 0.2) is 78.0 Å². The van der Waals surface area contributed by atoms with E-state index in [0.29, 0.717) is 13.2 Å². The van der Waals surface area contributed by atoms with Crippen LogP contribution in [0.3, 0.4) is 0 Å². The molecule has 2 aromatic carbocycles. The normalized spacial score (nSPS) is 12.3.